The monoisotopic (exact) mass is 302 g/mol. The topological polar surface area (TPSA) is 41.1 Å². The number of rotatable bonds is 5. The number of halogens is 1. The van der Waals surface area contributed by atoms with Gasteiger partial charge in [-0.15, -0.1) is 0 Å². The van der Waals surface area contributed by atoms with E-state index in [4.69, 9.17) is 11.6 Å². The molecule has 1 amide bonds. The molecule has 0 aliphatic rings. The summed E-state index contributed by atoms with van der Waals surface area (Å²) in [5.74, 6) is 0.0167. The van der Waals surface area contributed by atoms with Crippen LogP contribution in [0.3, 0.4) is 0 Å². The maximum Gasteiger partial charge on any atom is 0.224 e. The molecule has 2 aromatic carbocycles. The predicted molar refractivity (Wildman–Crippen MR) is 88.9 cm³/mol. The Bertz CT molecular complexity index is 610. The van der Waals surface area contributed by atoms with Crippen LogP contribution in [-0.4, -0.2) is 5.91 Å². The fourth-order valence-electron chi connectivity index (χ4n) is 2.01. The van der Waals surface area contributed by atoms with E-state index in [1.54, 1.807) is 0 Å². The number of nitrogens with one attached hydrogen (secondary N) is 2. The van der Waals surface area contributed by atoms with Gasteiger partial charge in [-0.05, 0) is 48.9 Å². The Morgan fingerprint density at radius 3 is 2.43 bits per heavy atom. The highest BCUT2D eigenvalue weighted by Crippen LogP contribution is 2.22. The molecule has 0 spiro atoms. The summed E-state index contributed by atoms with van der Waals surface area (Å²) in [7, 11) is 0. The Balaban J connectivity index is 2.01. The van der Waals surface area contributed by atoms with Crippen molar-refractivity contribution in [2.45, 2.75) is 26.3 Å². The van der Waals surface area contributed by atoms with Crippen LogP contribution in [0.5, 0.6) is 0 Å². The van der Waals surface area contributed by atoms with Crippen LogP contribution < -0.4 is 10.6 Å². The summed E-state index contributed by atoms with van der Waals surface area (Å²) >= 11 is 6.01. The molecule has 3 nitrogen and oxygen atoms in total. The van der Waals surface area contributed by atoms with Crippen molar-refractivity contribution in [1.29, 1.82) is 0 Å². The predicted octanol–water partition coefficient (Wildman–Crippen LogP) is 4.86. The second kappa shape index (κ2) is 7.14. The van der Waals surface area contributed by atoms with E-state index < -0.39 is 0 Å². The third kappa shape index (κ3) is 4.50. The Labute approximate surface area is 130 Å². The summed E-state index contributed by atoms with van der Waals surface area (Å²) < 4.78 is 0. The summed E-state index contributed by atoms with van der Waals surface area (Å²) in [6.07, 6.45) is 0.478. The molecule has 4 heteroatoms. The maximum absolute atomic E-state index is 11.3. The second-order valence-electron chi connectivity index (χ2n) is 4.90. The highest BCUT2D eigenvalue weighted by molar-refractivity contribution is 6.30. The third-order valence-corrected chi connectivity index (χ3v) is 3.46. The molecule has 110 valence electrons. The molecule has 2 rings (SSSR count). The molecule has 0 bridgehead atoms. The molecule has 0 fully saturated rings. The first kappa shape index (κ1) is 15.4. The maximum atomic E-state index is 11.3. The lowest BCUT2D eigenvalue weighted by Gasteiger charge is -2.16. The van der Waals surface area contributed by atoms with Crippen molar-refractivity contribution in [2.75, 3.05) is 10.6 Å². The molecule has 2 aromatic rings. The zero-order valence-electron chi connectivity index (χ0n) is 12.2. The van der Waals surface area contributed by atoms with Gasteiger partial charge in [0.15, 0.2) is 0 Å². The molecular weight excluding hydrogens is 284 g/mol. The van der Waals surface area contributed by atoms with E-state index in [0.717, 1.165) is 22.0 Å². The molecule has 0 aromatic heterocycles. The van der Waals surface area contributed by atoms with E-state index >= 15 is 0 Å². The van der Waals surface area contributed by atoms with Gasteiger partial charge in [0, 0.05) is 28.9 Å². The number of hydrogen-bond donors (Lipinski definition) is 2. The van der Waals surface area contributed by atoms with Gasteiger partial charge in [0.05, 0.1) is 0 Å². The summed E-state index contributed by atoms with van der Waals surface area (Å²) in [5.41, 5.74) is 2.94. The van der Waals surface area contributed by atoms with Crippen molar-refractivity contribution in [3.63, 3.8) is 0 Å². The van der Waals surface area contributed by atoms with Gasteiger partial charge in [0.2, 0.25) is 5.91 Å². The van der Waals surface area contributed by atoms with Crippen molar-refractivity contribution < 1.29 is 4.79 Å². The lowest BCUT2D eigenvalue weighted by atomic mass is 10.1. The molecule has 0 saturated heterocycles. The van der Waals surface area contributed by atoms with E-state index in [0.29, 0.717) is 6.42 Å². The summed E-state index contributed by atoms with van der Waals surface area (Å²) in [6.45, 7) is 3.91. The van der Waals surface area contributed by atoms with Gasteiger partial charge in [-0.3, -0.25) is 4.79 Å². The van der Waals surface area contributed by atoms with Gasteiger partial charge in [0.25, 0.3) is 0 Å². The number of benzene rings is 2. The van der Waals surface area contributed by atoms with E-state index in [1.807, 2.05) is 55.5 Å². The molecule has 0 aliphatic carbocycles. The van der Waals surface area contributed by atoms with Crippen LogP contribution >= 0.6 is 11.6 Å². The van der Waals surface area contributed by atoms with Gasteiger partial charge >= 0.3 is 0 Å². The van der Waals surface area contributed by atoms with Crippen LogP contribution in [0, 0.1) is 0 Å². The van der Waals surface area contributed by atoms with Crippen molar-refractivity contribution >= 4 is 28.9 Å². The Hall–Kier alpha value is -2.00. The summed E-state index contributed by atoms with van der Waals surface area (Å²) in [4.78, 5) is 11.3. The smallest absolute Gasteiger partial charge is 0.224 e. The highest BCUT2D eigenvalue weighted by atomic mass is 35.5. The molecule has 0 radical (unpaired) electrons. The van der Waals surface area contributed by atoms with Crippen LogP contribution in [0.15, 0.2) is 48.5 Å². The van der Waals surface area contributed by atoms with Gasteiger partial charge in [-0.2, -0.15) is 0 Å². The van der Waals surface area contributed by atoms with Crippen molar-refractivity contribution in [2.24, 2.45) is 0 Å². The minimum Gasteiger partial charge on any atom is -0.379 e. The summed E-state index contributed by atoms with van der Waals surface area (Å²) in [6, 6.07) is 15.6. The minimum absolute atomic E-state index is 0.0167. The average molecular weight is 303 g/mol. The van der Waals surface area contributed by atoms with Crippen LogP contribution in [0.2, 0.25) is 5.02 Å². The van der Waals surface area contributed by atoms with Gasteiger partial charge < -0.3 is 10.6 Å². The molecule has 1 unspecified atom stereocenters. The third-order valence-electron chi connectivity index (χ3n) is 3.22. The van der Waals surface area contributed by atoms with Crippen molar-refractivity contribution in [1.82, 2.24) is 0 Å². The largest absolute Gasteiger partial charge is 0.379 e. The highest BCUT2D eigenvalue weighted by Gasteiger charge is 2.06. The molecule has 2 N–H and O–H groups in total. The average Bonchev–Trinajstić information content (AvgIpc) is 2.49. The Morgan fingerprint density at radius 2 is 1.81 bits per heavy atom. The lowest BCUT2D eigenvalue weighted by molar-refractivity contribution is -0.115. The first-order chi connectivity index (χ1) is 10.1. The minimum atomic E-state index is 0.0167. The van der Waals surface area contributed by atoms with Crippen LogP contribution in [0.25, 0.3) is 0 Å². The first-order valence-corrected chi connectivity index (χ1v) is 7.38. The van der Waals surface area contributed by atoms with E-state index in [9.17, 15) is 4.79 Å². The van der Waals surface area contributed by atoms with Crippen LogP contribution in [0.4, 0.5) is 11.4 Å². The normalized spacial score (nSPS) is 11.8. The zero-order valence-corrected chi connectivity index (χ0v) is 12.9. The first-order valence-electron chi connectivity index (χ1n) is 7.00. The Morgan fingerprint density at radius 1 is 1.14 bits per heavy atom. The van der Waals surface area contributed by atoms with Crippen molar-refractivity contribution in [3.8, 4) is 0 Å². The number of carbonyl (C=O) groups is 1. The zero-order chi connectivity index (χ0) is 15.2. The van der Waals surface area contributed by atoms with Gasteiger partial charge in [0.1, 0.15) is 0 Å². The van der Waals surface area contributed by atoms with Gasteiger partial charge in [-0.1, -0.05) is 30.7 Å². The fourth-order valence-corrected chi connectivity index (χ4v) is 2.21. The van der Waals surface area contributed by atoms with Crippen LogP contribution in [0.1, 0.15) is 31.9 Å². The molecule has 0 saturated carbocycles. The summed E-state index contributed by atoms with van der Waals surface area (Å²) in [5, 5.41) is 6.97. The lowest BCUT2D eigenvalue weighted by Crippen LogP contribution is -2.10. The molecule has 21 heavy (non-hydrogen) atoms. The van der Waals surface area contributed by atoms with Gasteiger partial charge in [-0.25, -0.2) is 0 Å². The van der Waals surface area contributed by atoms with Crippen molar-refractivity contribution in [3.05, 3.63) is 59.1 Å². The number of anilines is 2. The fraction of sp³-hybridized carbons (Fsp3) is 0.235. The molecule has 0 heterocycles. The SMILES string of the molecule is CCC(=O)Nc1ccc(NC(C)c2cccc(Cl)c2)cc1. The number of amides is 1. The van der Waals surface area contributed by atoms with E-state index in [2.05, 4.69) is 17.6 Å². The van der Waals surface area contributed by atoms with E-state index in [-0.39, 0.29) is 11.9 Å². The standard InChI is InChI=1S/C17H19ClN2O/c1-3-17(21)20-16-9-7-15(8-10-16)19-12(2)13-5-4-6-14(18)11-13/h4-12,19H,3H2,1-2H3,(H,20,21). The van der Waals surface area contributed by atoms with E-state index in [1.165, 1.54) is 0 Å². The second-order valence-corrected chi connectivity index (χ2v) is 5.34. The number of hydrogen-bond acceptors (Lipinski definition) is 2. The number of carbonyl (C=O) groups excluding carboxylic acids is 1. The quantitative estimate of drug-likeness (QED) is 0.828. The molecule has 1 atom stereocenters. The molecular formula is C17H19ClN2O. The molecule has 0 aliphatic heterocycles. The van der Waals surface area contributed by atoms with Crippen LogP contribution in [-0.2, 0) is 4.79 Å². The Kier molecular flexibility index (Phi) is 5.23.